The number of rotatable bonds is 12. The number of hydrogen-bond acceptors (Lipinski definition) is 3. The van der Waals surface area contributed by atoms with Crippen molar-refractivity contribution in [3.63, 3.8) is 0 Å². The number of pyridine rings is 1. The summed E-state index contributed by atoms with van der Waals surface area (Å²) in [6.45, 7) is 7.08. The van der Waals surface area contributed by atoms with Crippen LogP contribution in [-0.4, -0.2) is 18.1 Å². The lowest BCUT2D eigenvalue weighted by Crippen LogP contribution is -2.15. The van der Waals surface area contributed by atoms with Gasteiger partial charge in [0, 0.05) is 18.3 Å². The second-order valence-corrected chi connectivity index (χ2v) is 5.26. The highest BCUT2D eigenvalue weighted by Gasteiger charge is 2.03. The molecule has 0 amide bonds. The fourth-order valence-electron chi connectivity index (χ4n) is 2.14. The highest BCUT2D eigenvalue weighted by molar-refractivity contribution is 5.25. The smallest absolute Gasteiger partial charge is 0.217 e. The molecule has 0 unspecified atom stereocenters. The molecule has 1 N–H and O–H groups in total. The van der Waals surface area contributed by atoms with E-state index in [-0.39, 0.29) is 0 Å². The zero-order chi connectivity index (χ0) is 14.5. The summed E-state index contributed by atoms with van der Waals surface area (Å²) in [6, 6.07) is 4.06. The average molecular weight is 278 g/mol. The molecule has 0 saturated carbocycles. The number of unbranched alkanes of at least 4 members (excludes halogenated alkanes) is 5. The molecule has 0 aliphatic heterocycles. The topological polar surface area (TPSA) is 34.1 Å². The Labute approximate surface area is 124 Å². The van der Waals surface area contributed by atoms with Gasteiger partial charge in [-0.25, -0.2) is 4.98 Å². The maximum Gasteiger partial charge on any atom is 0.217 e. The predicted molar refractivity (Wildman–Crippen MR) is 85.1 cm³/mol. The molecule has 1 rings (SSSR count). The molecule has 0 bridgehead atoms. The zero-order valence-electron chi connectivity index (χ0n) is 13.2. The summed E-state index contributed by atoms with van der Waals surface area (Å²) in [7, 11) is 0. The van der Waals surface area contributed by atoms with Crippen LogP contribution in [0.1, 0.15) is 64.4 Å². The molecular formula is C17H30N2O. The van der Waals surface area contributed by atoms with Crippen LogP contribution >= 0.6 is 0 Å². The van der Waals surface area contributed by atoms with Crippen LogP contribution in [0.25, 0.3) is 0 Å². The van der Waals surface area contributed by atoms with E-state index in [4.69, 9.17) is 4.74 Å². The first-order chi connectivity index (χ1) is 9.88. The van der Waals surface area contributed by atoms with Gasteiger partial charge in [-0.3, -0.25) is 0 Å². The van der Waals surface area contributed by atoms with Crippen molar-refractivity contribution >= 4 is 0 Å². The number of nitrogens with one attached hydrogen (secondary N) is 1. The van der Waals surface area contributed by atoms with Crippen molar-refractivity contribution in [1.29, 1.82) is 0 Å². The van der Waals surface area contributed by atoms with Gasteiger partial charge in [-0.1, -0.05) is 52.0 Å². The Morgan fingerprint density at radius 2 is 1.85 bits per heavy atom. The van der Waals surface area contributed by atoms with Gasteiger partial charge in [0.15, 0.2) is 0 Å². The molecule has 0 radical (unpaired) electrons. The minimum Gasteiger partial charge on any atom is -0.477 e. The van der Waals surface area contributed by atoms with Gasteiger partial charge < -0.3 is 10.1 Å². The Morgan fingerprint density at radius 3 is 2.65 bits per heavy atom. The lowest BCUT2D eigenvalue weighted by Gasteiger charge is -2.10. The Bertz CT molecular complexity index is 342. The van der Waals surface area contributed by atoms with Gasteiger partial charge in [-0.05, 0) is 25.5 Å². The van der Waals surface area contributed by atoms with E-state index >= 15 is 0 Å². The quantitative estimate of drug-likeness (QED) is 0.578. The SMILES string of the molecule is CCCCCCCCOc1ncccc1CNCCC. The van der Waals surface area contributed by atoms with Crippen LogP contribution < -0.4 is 10.1 Å². The molecule has 3 nitrogen and oxygen atoms in total. The van der Waals surface area contributed by atoms with Crippen molar-refractivity contribution < 1.29 is 4.74 Å². The molecule has 3 heteroatoms. The van der Waals surface area contributed by atoms with Crippen molar-refractivity contribution in [1.82, 2.24) is 10.3 Å². The molecule has 114 valence electrons. The molecule has 0 spiro atoms. The zero-order valence-corrected chi connectivity index (χ0v) is 13.2. The van der Waals surface area contributed by atoms with E-state index in [2.05, 4.69) is 30.2 Å². The van der Waals surface area contributed by atoms with E-state index < -0.39 is 0 Å². The summed E-state index contributed by atoms with van der Waals surface area (Å²) in [5.74, 6) is 0.796. The first-order valence-corrected chi connectivity index (χ1v) is 8.15. The summed E-state index contributed by atoms with van der Waals surface area (Å²) in [6.07, 6.45) is 10.7. The third-order valence-corrected chi connectivity index (χ3v) is 3.33. The Hall–Kier alpha value is -1.09. The Morgan fingerprint density at radius 1 is 1.05 bits per heavy atom. The molecular weight excluding hydrogens is 248 g/mol. The minimum absolute atomic E-state index is 0.782. The molecule has 1 aromatic rings. The fourth-order valence-corrected chi connectivity index (χ4v) is 2.14. The first-order valence-electron chi connectivity index (χ1n) is 8.15. The van der Waals surface area contributed by atoms with E-state index in [1.54, 1.807) is 6.20 Å². The van der Waals surface area contributed by atoms with Crippen LogP contribution in [0.2, 0.25) is 0 Å². The molecule has 0 aliphatic carbocycles. The van der Waals surface area contributed by atoms with E-state index in [0.29, 0.717) is 0 Å². The van der Waals surface area contributed by atoms with Crippen molar-refractivity contribution in [3.8, 4) is 5.88 Å². The second-order valence-electron chi connectivity index (χ2n) is 5.26. The molecule has 20 heavy (non-hydrogen) atoms. The Balaban J connectivity index is 2.21. The van der Waals surface area contributed by atoms with Gasteiger partial charge in [0.2, 0.25) is 5.88 Å². The summed E-state index contributed by atoms with van der Waals surface area (Å²) in [5, 5.41) is 3.40. The summed E-state index contributed by atoms with van der Waals surface area (Å²) in [5.41, 5.74) is 1.16. The molecule has 0 aliphatic rings. The minimum atomic E-state index is 0.782. The van der Waals surface area contributed by atoms with Crippen molar-refractivity contribution in [2.75, 3.05) is 13.2 Å². The summed E-state index contributed by atoms with van der Waals surface area (Å²) in [4.78, 5) is 4.34. The molecule has 0 fully saturated rings. The molecule has 1 heterocycles. The highest BCUT2D eigenvalue weighted by Crippen LogP contribution is 2.15. The predicted octanol–water partition coefficient (Wildman–Crippen LogP) is 4.32. The van der Waals surface area contributed by atoms with E-state index in [9.17, 15) is 0 Å². The maximum absolute atomic E-state index is 5.82. The molecule has 0 saturated heterocycles. The monoisotopic (exact) mass is 278 g/mol. The van der Waals surface area contributed by atoms with E-state index in [0.717, 1.165) is 44.0 Å². The normalized spacial score (nSPS) is 10.7. The Kier molecular flexibility index (Phi) is 9.93. The molecule has 0 atom stereocenters. The van der Waals surface area contributed by atoms with Crippen LogP contribution in [0.4, 0.5) is 0 Å². The lowest BCUT2D eigenvalue weighted by molar-refractivity contribution is 0.289. The number of ether oxygens (including phenoxy) is 1. The van der Waals surface area contributed by atoms with Crippen molar-refractivity contribution in [2.45, 2.75) is 65.3 Å². The average Bonchev–Trinajstić information content (AvgIpc) is 2.48. The third-order valence-electron chi connectivity index (χ3n) is 3.33. The van der Waals surface area contributed by atoms with Gasteiger partial charge in [-0.2, -0.15) is 0 Å². The number of hydrogen-bond donors (Lipinski definition) is 1. The maximum atomic E-state index is 5.82. The number of aromatic nitrogens is 1. The highest BCUT2D eigenvalue weighted by atomic mass is 16.5. The van der Waals surface area contributed by atoms with E-state index in [1.165, 1.54) is 32.1 Å². The van der Waals surface area contributed by atoms with Gasteiger partial charge in [0.05, 0.1) is 6.61 Å². The van der Waals surface area contributed by atoms with Crippen LogP contribution in [-0.2, 0) is 6.54 Å². The molecule has 0 aromatic carbocycles. The first kappa shape index (κ1) is 17.0. The fraction of sp³-hybridized carbons (Fsp3) is 0.706. The van der Waals surface area contributed by atoms with Crippen LogP contribution in [0.5, 0.6) is 5.88 Å². The van der Waals surface area contributed by atoms with Gasteiger partial charge >= 0.3 is 0 Å². The van der Waals surface area contributed by atoms with E-state index in [1.807, 2.05) is 6.07 Å². The van der Waals surface area contributed by atoms with Crippen LogP contribution in [0.15, 0.2) is 18.3 Å². The lowest BCUT2D eigenvalue weighted by atomic mass is 10.1. The van der Waals surface area contributed by atoms with Crippen molar-refractivity contribution in [3.05, 3.63) is 23.9 Å². The second kappa shape index (κ2) is 11.7. The van der Waals surface area contributed by atoms with Crippen LogP contribution in [0.3, 0.4) is 0 Å². The van der Waals surface area contributed by atoms with Crippen molar-refractivity contribution in [2.24, 2.45) is 0 Å². The third kappa shape index (κ3) is 7.49. The van der Waals surface area contributed by atoms with Crippen LogP contribution in [0, 0.1) is 0 Å². The van der Waals surface area contributed by atoms with Gasteiger partial charge in [0.1, 0.15) is 0 Å². The van der Waals surface area contributed by atoms with Gasteiger partial charge in [0.25, 0.3) is 0 Å². The largest absolute Gasteiger partial charge is 0.477 e. The van der Waals surface area contributed by atoms with Gasteiger partial charge in [-0.15, -0.1) is 0 Å². The standard InChI is InChI=1S/C17H30N2O/c1-3-5-6-7-8-9-14-20-17-16(11-10-13-19-17)15-18-12-4-2/h10-11,13,18H,3-9,12,14-15H2,1-2H3. The summed E-state index contributed by atoms with van der Waals surface area (Å²) >= 11 is 0. The molecule has 1 aromatic heterocycles. The number of nitrogens with zero attached hydrogens (tertiary/aromatic N) is 1. The summed E-state index contributed by atoms with van der Waals surface area (Å²) < 4.78 is 5.82.